The monoisotopic (exact) mass is 237 g/mol. The molecule has 0 aromatic carbocycles. The zero-order valence-electron chi connectivity index (χ0n) is 9.41. The second-order valence-corrected chi connectivity index (χ2v) is 4.51. The second-order valence-electron chi connectivity index (χ2n) is 3.59. The zero-order chi connectivity index (χ0) is 12.2. The van der Waals surface area contributed by atoms with E-state index in [1.165, 1.54) is 11.3 Å². The number of carbonyl (C=O) groups excluding carboxylic acids is 1. The Bertz CT molecular complexity index is 415. The van der Waals surface area contributed by atoms with Crippen molar-refractivity contribution in [3.63, 3.8) is 0 Å². The van der Waals surface area contributed by atoms with Crippen LogP contribution in [0.3, 0.4) is 0 Å². The molecule has 0 radical (unpaired) electrons. The van der Waals surface area contributed by atoms with Crippen molar-refractivity contribution in [3.05, 3.63) is 17.0 Å². The summed E-state index contributed by atoms with van der Waals surface area (Å²) in [5.41, 5.74) is 5.59. The van der Waals surface area contributed by atoms with E-state index in [0.717, 1.165) is 0 Å². The molecule has 5 heteroatoms. The fraction of sp³-hybridized carbons (Fsp3) is 0.455. The second kappa shape index (κ2) is 5.10. The molecule has 0 saturated carbocycles. The predicted molar refractivity (Wildman–Crippen MR) is 65.2 cm³/mol. The minimum Gasteiger partial charge on any atom is -0.317 e. The van der Waals surface area contributed by atoms with Gasteiger partial charge in [-0.15, -0.1) is 11.3 Å². The first-order valence-corrected chi connectivity index (χ1v) is 6.03. The van der Waals surface area contributed by atoms with Crippen molar-refractivity contribution in [1.82, 2.24) is 0 Å². The van der Waals surface area contributed by atoms with Crippen LogP contribution in [0.5, 0.6) is 0 Å². The summed E-state index contributed by atoms with van der Waals surface area (Å²) in [6, 6.07) is 3.70. The molecule has 3 N–H and O–H groups in total. The quantitative estimate of drug-likeness (QED) is 0.841. The molecule has 1 aromatic heterocycles. The average molecular weight is 237 g/mol. The number of nitrogens with zero attached hydrogens (tertiary/aromatic N) is 1. The molecular weight excluding hydrogens is 222 g/mol. The molecule has 0 atom stereocenters. The van der Waals surface area contributed by atoms with Crippen molar-refractivity contribution in [2.45, 2.75) is 32.2 Å². The summed E-state index contributed by atoms with van der Waals surface area (Å²) in [4.78, 5) is 11.9. The summed E-state index contributed by atoms with van der Waals surface area (Å²) >= 11 is 1.33. The van der Waals surface area contributed by atoms with Gasteiger partial charge in [-0.1, -0.05) is 13.8 Å². The number of nitrogens with two attached hydrogens (primary N) is 1. The Hall–Kier alpha value is -1.38. The lowest BCUT2D eigenvalue weighted by atomic mass is 9.93. The summed E-state index contributed by atoms with van der Waals surface area (Å²) in [6.07, 6.45) is 1.14. The van der Waals surface area contributed by atoms with Crippen molar-refractivity contribution >= 4 is 22.2 Å². The van der Waals surface area contributed by atoms with Crippen LogP contribution in [0.2, 0.25) is 0 Å². The lowest BCUT2D eigenvalue weighted by Crippen LogP contribution is -2.50. The van der Waals surface area contributed by atoms with E-state index in [2.05, 4.69) is 5.32 Å². The smallest absolute Gasteiger partial charge is 0.245 e. The van der Waals surface area contributed by atoms with Gasteiger partial charge in [0.1, 0.15) is 11.1 Å². The summed E-state index contributed by atoms with van der Waals surface area (Å²) in [6.45, 7) is 3.76. The molecular formula is C11H15N3OS. The molecule has 0 aliphatic heterocycles. The van der Waals surface area contributed by atoms with Gasteiger partial charge in [0.25, 0.3) is 0 Å². The topological polar surface area (TPSA) is 78.9 Å². The SMILES string of the molecule is CCC(N)(CC)C(=O)Nc1sccc1C#N. The molecule has 86 valence electrons. The maximum absolute atomic E-state index is 11.9. The third-order valence-corrected chi connectivity index (χ3v) is 3.56. The molecule has 0 fully saturated rings. The highest BCUT2D eigenvalue weighted by Gasteiger charge is 2.30. The maximum Gasteiger partial charge on any atom is 0.245 e. The van der Waals surface area contributed by atoms with Crippen molar-refractivity contribution in [3.8, 4) is 6.07 Å². The van der Waals surface area contributed by atoms with Gasteiger partial charge in [-0.2, -0.15) is 5.26 Å². The van der Waals surface area contributed by atoms with Gasteiger partial charge in [0.05, 0.1) is 11.1 Å². The Balaban J connectivity index is 2.83. The first kappa shape index (κ1) is 12.7. The molecule has 1 amide bonds. The van der Waals surface area contributed by atoms with Crippen LogP contribution in [0.1, 0.15) is 32.3 Å². The third-order valence-electron chi connectivity index (χ3n) is 2.73. The lowest BCUT2D eigenvalue weighted by Gasteiger charge is -2.24. The fourth-order valence-corrected chi connectivity index (χ4v) is 2.03. The van der Waals surface area contributed by atoms with Gasteiger partial charge >= 0.3 is 0 Å². The normalized spacial score (nSPS) is 10.9. The van der Waals surface area contributed by atoms with Crippen LogP contribution in [0.15, 0.2) is 11.4 Å². The summed E-state index contributed by atoms with van der Waals surface area (Å²) in [7, 11) is 0. The van der Waals surface area contributed by atoms with Crippen molar-refractivity contribution < 1.29 is 4.79 Å². The highest BCUT2D eigenvalue weighted by atomic mass is 32.1. The van der Waals surface area contributed by atoms with Gasteiger partial charge < -0.3 is 11.1 Å². The number of hydrogen-bond donors (Lipinski definition) is 2. The zero-order valence-corrected chi connectivity index (χ0v) is 10.2. The highest BCUT2D eigenvalue weighted by Crippen LogP contribution is 2.24. The van der Waals surface area contributed by atoms with Crippen molar-refractivity contribution in [2.24, 2.45) is 5.73 Å². The van der Waals surface area contributed by atoms with E-state index in [0.29, 0.717) is 23.4 Å². The summed E-state index contributed by atoms with van der Waals surface area (Å²) in [5, 5.41) is 13.9. The molecule has 4 nitrogen and oxygen atoms in total. The molecule has 0 bridgehead atoms. The Morgan fingerprint density at radius 3 is 2.75 bits per heavy atom. The van der Waals surface area contributed by atoms with Crippen LogP contribution in [0.4, 0.5) is 5.00 Å². The van der Waals surface area contributed by atoms with E-state index < -0.39 is 5.54 Å². The Kier molecular flexibility index (Phi) is 4.05. The van der Waals surface area contributed by atoms with Gasteiger partial charge in [-0.05, 0) is 24.3 Å². The largest absolute Gasteiger partial charge is 0.317 e. The number of nitrogens with one attached hydrogen (secondary N) is 1. The number of hydrogen-bond acceptors (Lipinski definition) is 4. The van der Waals surface area contributed by atoms with Gasteiger partial charge in [0.2, 0.25) is 5.91 Å². The average Bonchev–Trinajstić information content (AvgIpc) is 2.75. The first-order valence-electron chi connectivity index (χ1n) is 5.15. The Morgan fingerprint density at radius 2 is 2.25 bits per heavy atom. The molecule has 0 saturated heterocycles. The Morgan fingerprint density at radius 1 is 1.62 bits per heavy atom. The van der Waals surface area contributed by atoms with Crippen LogP contribution in [-0.2, 0) is 4.79 Å². The number of carbonyl (C=O) groups is 1. The van der Waals surface area contributed by atoms with Crippen molar-refractivity contribution in [1.29, 1.82) is 5.26 Å². The molecule has 1 rings (SSSR count). The minimum absolute atomic E-state index is 0.226. The molecule has 1 heterocycles. The van der Waals surface area contributed by atoms with Gasteiger partial charge in [0, 0.05) is 0 Å². The van der Waals surface area contributed by atoms with Crippen molar-refractivity contribution in [2.75, 3.05) is 5.32 Å². The molecule has 0 aliphatic rings. The van der Waals surface area contributed by atoms with E-state index in [4.69, 9.17) is 11.0 Å². The predicted octanol–water partition coefficient (Wildman–Crippen LogP) is 2.08. The minimum atomic E-state index is -0.850. The lowest BCUT2D eigenvalue weighted by molar-refractivity contribution is -0.121. The fourth-order valence-electron chi connectivity index (χ4n) is 1.29. The Labute approximate surface area is 99.1 Å². The van der Waals surface area contributed by atoms with Crippen LogP contribution in [0.25, 0.3) is 0 Å². The molecule has 1 aromatic rings. The number of anilines is 1. The highest BCUT2D eigenvalue weighted by molar-refractivity contribution is 7.14. The van der Waals surface area contributed by atoms with Crippen LogP contribution in [-0.4, -0.2) is 11.4 Å². The number of nitriles is 1. The summed E-state index contributed by atoms with van der Waals surface area (Å²) < 4.78 is 0. The van der Waals surface area contributed by atoms with Gasteiger partial charge in [0.15, 0.2) is 0 Å². The molecule has 0 unspecified atom stereocenters. The standard InChI is InChI=1S/C11H15N3OS/c1-3-11(13,4-2)10(15)14-9-8(7-12)5-6-16-9/h5-6H,3-4,13H2,1-2H3,(H,14,15). The van der Waals surface area contributed by atoms with E-state index in [1.807, 2.05) is 19.9 Å². The van der Waals surface area contributed by atoms with Crippen LogP contribution in [0, 0.1) is 11.3 Å². The van der Waals surface area contributed by atoms with E-state index >= 15 is 0 Å². The first-order chi connectivity index (χ1) is 7.57. The molecule has 0 spiro atoms. The van der Waals surface area contributed by atoms with Gasteiger partial charge in [-0.25, -0.2) is 0 Å². The van der Waals surface area contributed by atoms with E-state index in [-0.39, 0.29) is 5.91 Å². The number of thiophene rings is 1. The van der Waals surface area contributed by atoms with Gasteiger partial charge in [-0.3, -0.25) is 4.79 Å². The number of amides is 1. The molecule has 0 aliphatic carbocycles. The van der Waals surface area contributed by atoms with E-state index in [9.17, 15) is 4.79 Å². The van der Waals surface area contributed by atoms with E-state index in [1.54, 1.807) is 11.4 Å². The summed E-state index contributed by atoms with van der Waals surface area (Å²) in [5.74, 6) is -0.226. The van der Waals surface area contributed by atoms with Crippen LogP contribution >= 0.6 is 11.3 Å². The maximum atomic E-state index is 11.9. The number of rotatable bonds is 4. The third kappa shape index (κ3) is 2.40. The molecule has 16 heavy (non-hydrogen) atoms. The van der Waals surface area contributed by atoms with Crippen LogP contribution < -0.4 is 11.1 Å².